The lowest BCUT2D eigenvalue weighted by Crippen LogP contribution is -2.30. The number of hydrogen-bond donors (Lipinski definition) is 1. The molecule has 0 bridgehead atoms. The molecule has 0 unspecified atom stereocenters. The van der Waals surface area contributed by atoms with Crippen LogP contribution in [0, 0.1) is 19.8 Å². The van der Waals surface area contributed by atoms with Gasteiger partial charge in [-0.2, -0.15) is 5.10 Å². The van der Waals surface area contributed by atoms with Crippen LogP contribution in [0.15, 0.2) is 18.3 Å². The molecular formula is C20H26N4O2. The molecule has 2 fully saturated rings. The number of amides is 1. The van der Waals surface area contributed by atoms with Crippen LogP contribution in [0.5, 0.6) is 0 Å². The number of aromatic nitrogens is 3. The maximum atomic E-state index is 12.6. The van der Waals surface area contributed by atoms with Crippen LogP contribution in [-0.4, -0.2) is 33.8 Å². The summed E-state index contributed by atoms with van der Waals surface area (Å²) in [5.41, 5.74) is 5.06. The highest BCUT2D eigenvalue weighted by atomic mass is 16.5. The largest absolute Gasteiger partial charge is 0.373 e. The van der Waals surface area contributed by atoms with Crippen molar-refractivity contribution >= 4 is 5.91 Å². The number of ether oxygens (including phenoxy) is 1. The Labute approximate surface area is 154 Å². The van der Waals surface area contributed by atoms with Crippen LogP contribution in [0.25, 0.3) is 0 Å². The lowest BCUT2D eigenvalue weighted by atomic mass is 9.94. The number of hydrogen-bond acceptors (Lipinski definition) is 4. The van der Waals surface area contributed by atoms with Crippen LogP contribution in [0.2, 0.25) is 0 Å². The average molecular weight is 354 g/mol. The lowest BCUT2D eigenvalue weighted by Gasteiger charge is -2.20. The van der Waals surface area contributed by atoms with Crippen molar-refractivity contribution in [3.05, 3.63) is 46.5 Å². The monoisotopic (exact) mass is 354 g/mol. The molecule has 2 aromatic rings. The first kappa shape index (κ1) is 17.2. The van der Waals surface area contributed by atoms with Gasteiger partial charge in [-0.25, -0.2) is 0 Å². The molecule has 1 amide bonds. The second kappa shape index (κ2) is 6.83. The standard InChI is InChI=1S/C20H26N4O2/c1-12-18(13(2)24(3)23-12)19-16(7-9-26-19)11-22-20(25)15-6-8-21-17(10-15)14-4-5-14/h6,8,10,14,16,19H,4-5,7,9,11H2,1-3H3,(H,22,25)/t16-,19+/m1/s1. The fourth-order valence-corrected chi connectivity index (χ4v) is 3.88. The predicted molar refractivity (Wildman–Crippen MR) is 98.0 cm³/mol. The van der Waals surface area contributed by atoms with Crippen molar-refractivity contribution in [2.24, 2.45) is 13.0 Å². The second-order valence-corrected chi connectivity index (χ2v) is 7.50. The first-order valence-electron chi connectivity index (χ1n) is 9.40. The van der Waals surface area contributed by atoms with Crippen molar-refractivity contribution in [3.8, 4) is 0 Å². The number of pyridine rings is 1. The maximum Gasteiger partial charge on any atom is 0.251 e. The molecule has 1 saturated heterocycles. The summed E-state index contributed by atoms with van der Waals surface area (Å²) in [5, 5.41) is 7.61. The fourth-order valence-electron chi connectivity index (χ4n) is 3.88. The van der Waals surface area contributed by atoms with Crippen LogP contribution in [0.4, 0.5) is 0 Å². The summed E-state index contributed by atoms with van der Waals surface area (Å²) < 4.78 is 7.91. The van der Waals surface area contributed by atoms with E-state index in [-0.39, 0.29) is 17.9 Å². The Morgan fingerprint density at radius 1 is 1.35 bits per heavy atom. The third-order valence-electron chi connectivity index (χ3n) is 5.63. The summed E-state index contributed by atoms with van der Waals surface area (Å²) in [7, 11) is 1.96. The van der Waals surface area contributed by atoms with Crippen LogP contribution in [-0.2, 0) is 11.8 Å². The van der Waals surface area contributed by atoms with Crippen LogP contribution >= 0.6 is 0 Å². The zero-order valence-electron chi connectivity index (χ0n) is 15.7. The molecule has 0 aromatic carbocycles. The van der Waals surface area contributed by atoms with Crippen LogP contribution in [0.1, 0.15) is 64.3 Å². The summed E-state index contributed by atoms with van der Waals surface area (Å²) in [6.45, 7) is 5.43. The Bertz CT molecular complexity index is 825. The molecule has 6 nitrogen and oxygen atoms in total. The molecule has 1 aliphatic carbocycles. The number of carbonyl (C=O) groups excluding carboxylic acids is 1. The van der Waals surface area contributed by atoms with E-state index in [0.29, 0.717) is 18.0 Å². The minimum Gasteiger partial charge on any atom is -0.373 e. The smallest absolute Gasteiger partial charge is 0.251 e. The van der Waals surface area contributed by atoms with E-state index in [1.165, 1.54) is 18.4 Å². The first-order valence-corrected chi connectivity index (χ1v) is 9.40. The van der Waals surface area contributed by atoms with Crippen molar-refractivity contribution in [2.75, 3.05) is 13.2 Å². The number of nitrogens with one attached hydrogen (secondary N) is 1. The molecule has 6 heteroatoms. The molecule has 2 atom stereocenters. The molecular weight excluding hydrogens is 328 g/mol. The van der Waals surface area contributed by atoms with E-state index in [2.05, 4.69) is 22.3 Å². The van der Waals surface area contributed by atoms with Crippen molar-refractivity contribution in [2.45, 2.75) is 45.1 Å². The molecule has 26 heavy (non-hydrogen) atoms. The quantitative estimate of drug-likeness (QED) is 0.896. The number of nitrogens with zero attached hydrogens (tertiary/aromatic N) is 3. The molecule has 2 aromatic heterocycles. The minimum atomic E-state index is -0.0282. The number of rotatable bonds is 5. The van der Waals surface area contributed by atoms with Gasteiger partial charge in [0.2, 0.25) is 0 Å². The SMILES string of the molecule is Cc1nn(C)c(C)c1[C@H]1OCC[C@@H]1CNC(=O)c1ccnc(C2CC2)c1. The van der Waals surface area contributed by atoms with Gasteiger partial charge < -0.3 is 10.1 Å². The zero-order chi connectivity index (χ0) is 18.3. The summed E-state index contributed by atoms with van der Waals surface area (Å²) in [5.74, 6) is 0.789. The Morgan fingerprint density at radius 3 is 2.85 bits per heavy atom. The van der Waals surface area contributed by atoms with Crippen LogP contribution in [0.3, 0.4) is 0 Å². The van der Waals surface area contributed by atoms with Gasteiger partial charge in [0.1, 0.15) is 0 Å². The molecule has 2 aliphatic rings. The topological polar surface area (TPSA) is 69.0 Å². The molecule has 1 aliphatic heterocycles. The van der Waals surface area contributed by atoms with E-state index in [1.54, 1.807) is 12.3 Å². The van der Waals surface area contributed by atoms with Crippen LogP contribution < -0.4 is 5.32 Å². The summed E-state index contributed by atoms with van der Waals surface area (Å²) >= 11 is 0. The van der Waals surface area contributed by atoms with Crippen molar-refractivity contribution < 1.29 is 9.53 Å². The summed E-state index contributed by atoms with van der Waals surface area (Å²) in [4.78, 5) is 17.0. The highest BCUT2D eigenvalue weighted by molar-refractivity contribution is 5.94. The zero-order valence-corrected chi connectivity index (χ0v) is 15.7. The lowest BCUT2D eigenvalue weighted by molar-refractivity contribution is 0.0840. The fraction of sp³-hybridized carbons (Fsp3) is 0.550. The van der Waals surface area contributed by atoms with Crippen molar-refractivity contribution in [3.63, 3.8) is 0 Å². The van der Waals surface area contributed by atoms with Gasteiger partial charge in [-0.1, -0.05) is 0 Å². The van der Waals surface area contributed by atoms with Gasteiger partial charge in [0.25, 0.3) is 5.91 Å². The highest BCUT2D eigenvalue weighted by Gasteiger charge is 2.34. The van der Waals surface area contributed by atoms with Gasteiger partial charge in [-0.15, -0.1) is 0 Å². The van der Waals surface area contributed by atoms with Gasteiger partial charge in [-0.05, 0) is 45.2 Å². The number of aryl methyl sites for hydroxylation is 2. The Hall–Kier alpha value is -2.21. The highest BCUT2D eigenvalue weighted by Crippen LogP contribution is 2.39. The third-order valence-corrected chi connectivity index (χ3v) is 5.63. The summed E-state index contributed by atoms with van der Waals surface area (Å²) in [6, 6.07) is 3.73. The van der Waals surface area contributed by atoms with Crippen molar-refractivity contribution in [1.82, 2.24) is 20.1 Å². The first-order chi connectivity index (χ1) is 12.5. The van der Waals surface area contributed by atoms with Gasteiger partial charge in [-0.3, -0.25) is 14.5 Å². The molecule has 3 heterocycles. The Balaban J connectivity index is 1.43. The molecule has 0 spiro atoms. The van der Waals surface area contributed by atoms with E-state index < -0.39 is 0 Å². The number of carbonyl (C=O) groups is 1. The van der Waals surface area contributed by atoms with E-state index in [9.17, 15) is 4.79 Å². The third kappa shape index (κ3) is 3.26. The van der Waals surface area contributed by atoms with Gasteiger partial charge in [0.05, 0.1) is 11.8 Å². The van der Waals surface area contributed by atoms with Gasteiger partial charge in [0, 0.05) is 60.7 Å². The van der Waals surface area contributed by atoms with E-state index in [1.807, 2.05) is 24.7 Å². The molecule has 4 rings (SSSR count). The van der Waals surface area contributed by atoms with Gasteiger partial charge in [0.15, 0.2) is 0 Å². The van der Waals surface area contributed by atoms with Gasteiger partial charge >= 0.3 is 0 Å². The molecule has 1 saturated carbocycles. The maximum absolute atomic E-state index is 12.6. The van der Waals surface area contributed by atoms with E-state index in [0.717, 1.165) is 30.1 Å². The molecule has 0 radical (unpaired) electrons. The molecule has 138 valence electrons. The van der Waals surface area contributed by atoms with E-state index in [4.69, 9.17) is 4.74 Å². The minimum absolute atomic E-state index is 0.00321. The second-order valence-electron chi connectivity index (χ2n) is 7.50. The average Bonchev–Trinajstić information content (AvgIpc) is 3.34. The normalized spacial score (nSPS) is 22.6. The van der Waals surface area contributed by atoms with E-state index >= 15 is 0 Å². The Morgan fingerprint density at radius 2 is 2.15 bits per heavy atom. The molecule has 1 N–H and O–H groups in total. The van der Waals surface area contributed by atoms with Crippen molar-refractivity contribution in [1.29, 1.82) is 0 Å². The predicted octanol–water partition coefficient (Wildman–Crippen LogP) is 2.82. The summed E-state index contributed by atoms with van der Waals surface area (Å²) in [6.07, 6.45) is 5.06. The Kier molecular flexibility index (Phi) is 4.53.